The number of amides is 3. The third-order valence-corrected chi connectivity index (χ3v) is 7.49. The van der Waals surface area contributed by atoms with Gasteiger partial charge in [-0.2, -0.15) is 0 Å². The number of rotatable bonds is 2. The second kappa shape index (κ2) is 12.4. The van der Waals surface area contributed by atoms with Crippen LogP contribution in [0.15, 0.2) is 36.4 Å². The number of nitrogens with one attached hydrogen (secondary N) is 3. The van der Waals surface area contributed by atoms with E-state index < -0.39 is 54.0 Å². The van der Waals surface area contributed by atoms with Crippen molar-refractivity contribution >= 4 is 40.7 Å². The van der Waals surface area contributed by atoms with Crippen LogP contribution in [0.1, 0.15) is 64.8 Å². The summed E-state index contributed by atoms with van der Waals surface area (Å²) in [5, 5.41) is 17.5. The van der Waals surface area contributed by atoms with Gasteiger partial charge in [0, 0.05) is 11.9 Å². The largest absolute Gasteiger partial charge is 0.455 e. The highest BCUT2D eigenvalue weighted by molar-refractivity contribution is 5.94. The van der Waals surface area contributed by atoms with Crippen LogP contribution in [0, 0.1) is 11.3 Å². The normalized spacial score (nSPS) is 26.9. The molecular weight excluding hydrogens is 526 g/mol. The van der Waals surface area contributed by atoms with Crippen molar-refractivity contribution in [2.24, 2.45) is 11.3 Å². The van der Waals surface area contributed by atoms with Crippen LogP contribution in [-0.4, -0.2) is 70.1 Å². The summed E-state index contributed by atoms with van der Waals surface area (Å²) in [5.74, 6) is -2.39. The third kappa shape index (κ3) is 6.91. The molecule has 1 saturated heterocycles. The molecule has 0 saturated carbocycles. The topological polar surface area (TPSA) is 150 Å². The monoisotopic (exact) mass is 565 g/mol. The number of aliphatic hydroxyl groups is 1. The zero-order valence-electron chi connectivity index (χ0n) is 24.1. The Kier molecular flexibility index (Phi) is 9.08. The molecule has 11 heteroatoms. The number of carbonyl (C=O) groups is 4. The lowest BCUT2D eigenvalue weighted by atomic mass is 9.89. The summed E-state index contributed by atoms with van der Waals surface area (Å²) in [5.41, 5.74) is 4.03. The standard InChI is InChI=1S/C30H39N5O6/c1-17(2)25-26(37)32-24(16-36)27(38)35-14-6-7-22(34-35)28(39)41-18(3)21-11-10-20-9-8-19(15-23(20)31-21)12-13-30(4,5)29(40)33-25/h8-13,15,17-18,22,24-25,34,36H,6-7,14,16H2,1-5H3,(H,32,37)(H,33,40)/b13-12+/t18-,22?,24+,25+/m1/s1. The first-order valence-electron chi connectivity index (χ1n) is 14.0. The Labute approximate surface area is 239 Å². The van der Waals surface area contributed by atoms with Crippen molar-refractivity contribution in [1.82, 2.24) is 26.1 Å². The van der Waals surface area contributed by atoms with E-state index in [9.17, 15) is 24.3 Å². The number of esters is 1. The Morgan fingerprint density at radius 1 is 1.12 bits per heavy atom. The molecule has 5 bridgehead atoms. The van der Waals surface area contributed by atoms with E-state index >= 15 is 0 Å². The lowest BCUT2D eigenvalue weighted by molar-refractivity contribution is -0.157. The van der Waals surface area contributed by atoms with E-state index in [1.807, 2.05) is 36.4 Å². The van der Waals surface area contributed by atoms with E-state index in [0.29, 0.717) is 24.1 Å². The zero-order chi connectivity index (χ0) is 29.9. The molecule has 4 rings (SSSR count). The number of hydrogen-bond donors (Lipinski definition) is 4. The summed E-state index contributed by atoms with van der Waals surface area (Å²) in [6.07, 6.45) is 3.90. The number of nitrogens with zero attached hydrogens (tertiary/aromatic N) is 2. The molecular formula is C30H39N5O6. The van der Waals surface area contributed by atoms with Crippen molar-refractivity contribution in [3.63, 3.8) is 0 Å². The summed E-state index contributed by atoms with van der Waals surface area (Å²) < 4.78 is 5.72. The summed E-state index contributed by atoms with van der Waals surface area (Å²) in [6, 6.07) is 6.45. The van der Waals surface area contributed by atoms with Gasteiger partial charge < -0.3 is 20.5 Å². The van der Waals surface area contributed by atoms with Gasteiger partial charge in [-0.1, -0.05) is 44.2 Å². The predicted molar refractivity (Wildman–Crippen MR) is 153 cm³/mol. The maximum absolute atomic E-state index is 13.3. The summed E-state index contributed by atoms with van der Waals surface area (Å²) in [6.45, 7) is 8.42. The molecule has 0 spiro atoms. The molecule has 0 aliphatic carbocycles. The van der Waals surface area contributed by atoms with Crippen LogP contribution in [0.3, 0.4) is 0 Å². The predicted octanol–water partition coefficient (Wildman–Crippen LogP) is 2.01. The first-order valence-corrected chi connectivity index (χ1v) is 14.0. The number of hydrogen-bond acceptors (Lipinski definition) is 8. The lowest BCUT2D eigenvalue weighted by Gasteiger charge is -2.35. The van der Waals surface area contributed by atoms with Gasteiger partial charge in [0.2, 0.25) is 11.8 Å². The zero-order valence-corrected chi connectivity index (χ0v) is 24.1. The Morgan fingerprint density at radius 2 is 1.85 bits per heavy atom. The molecule has 220 valence electrons. The minimum atomic E-state index is -1.27. The van der Waals surface area contributed by atoms with Gasteiger partial charge in [0.25, 0.3) is 5.91 Å². The maximum Gasteiger partial charge on any atom is 0.325 e. The summed E-state index contributed by atoms with van der Waals surface area (Å²) >= 11 is 0. The fourth-order valence-electron chi connectivity index (χ4n) is 4.79. The second-order valence-corrected chi connectivity index (χ2v) is 11.6. The minimum Gasteiger partial charge on any atom is -0.455 e. The van der Waals surface area contributed by atoms with Gasteiger partial charge in [0.15, 0.2) is 0 Å². The average molecular weight is 566 g/mol. The van der Waals surface area contributed by atoms with Crippen LogP contribution in [0.5, 0.6) is 0 Å². The van der Waals surface area contributed by atoms with E-state index in [1.165, 1.54) is 5.01 Å². The van der Waals surface area contributed by atoms with E-state index in [1.54, 1.807) is 40.7 Å². The van der Waals surface area contributed by atoms with Crippen molar-refractivity contribution in [2.75, 3.05) is 13.2 Å². The average Bonchev–Trinajstić information content (AvgIpc) is 2.95. The van der Waals surface area contributed by atoms with Gasteiger partial charge in [-0.25, -0.2) is 10.4 Å². The van der Waals surface area contributed by atoms with Gasteiger partial charge in [-0.15, -0.1) is 0 Å². The number of pyridine rings is 1. The molecule has 4 atom stereocenters. The minimum absolute atomic E-state index is 0.282. The first-order chi connectivity index (χ1) is 19.4. The molecule has 1 fully saturated rings. The van der Waals surface area contributed by atoms with E-state index in [-0.39, 0.29) is 18.4 Å². The van der Waals surface area contributed by atoms with Gasteiger partial charge in [0.05, 0.1) is 23.2 Å². The first kappa shape index (κ1) is 30.1. The Morgan fingerprint density at radius 3 is 2.56 bits per heavy atom. The van der Waals surface area contributed by atoms with Gasteiger partial charge in [0.1, 0.15) is 24.2 Å². The van der Waals surface area contributed by atoms with Crippen LogP contribution in [0.25, 0.3) is 17.0 Å². The molecule has 1 aromatic carbocycles. The molecule has 11 nitrogen and oxygen atoms in total. The lowest BCUT2D eigenvalue weighted by Crippen LogP contribution is -2.62. The molecule has 4 N–H and O–H groups in total. The number of aliphatic hydroxyl groups excluding tert-OH is 1. The fourth-order valence-corrected chi connectivity index (χ4v) is 4.79. The van der Waals surface area contributed by atoms with Crippen molar-refractivity contribution in [2.45, 2.75) is 71.7 Å². The van der Waals surface area contributed by atoms with E-state index in [4.69, 9.17) is 9.72 Å². The Hall–Kier alpha value is -3.83. The number of fused-ring (bicyclic) bond motifs is 4. The van der Waals surface area contributed by atoms with E-state index in [0.717, 1.165) is 10.9 Å². The Bertz CT molecular complexity index is 1360. The SMILES string of the molecule is CC(C)[C@@H]1NC(=O)C(C)(C)/C=C/c2ccc3ccc(nc3c2)[C@@H](C)OC(=O)C2CCCN(N2)C(=O)[C@H](CO)NC1=O. The quantitative estimate of drug-likeness (QED) is 0.404. The van der Waals surface area contributed by atoms with Crippen molar-refractivity contribution in [3.05, 3.63) is 47.7 Å². The second-order valence-electron chi connectivity index (χ2n) is 11.6. The molecule has 2 aliphatic rings. The number of hydrazine groups is 1. The molecule has 2 aliphatic heterocycles. The van der Waals surface area contributed by atoms with Crippen LogP contribution in [0.4, 0.5) is 0 Å². The molecule has 2 aromatic rings. The number of carbonyl (C=O) groups excluding carboxylic acids is 4. The fraction of sp³-hybridized carbons (Fsp3) is 0.500. The van der Waals surface area contributed by atoms with Crippen LogP contribution < -0.4 is 16.1 Å². The van der Waals surface area contributed by atoms with Gasteiger partial charge in [-0.05, 0) is 57.2 Å². The van der Waals surface area contributed by atoms with Crippen LogP contribution in [-0.2, 0) is 23.9 Å². The molecule has 3 amide bonds. The van der Waals surface area contributed by atoms with Gasteiger partial charge in [-0.3, -0.25) is 24.2 Å². The number of ether oxygens (including phenoxy) is 1. The third-order valence-electron chi connectivity index (χ3n) is 7.49. The van der Waals surface area contributed by atoms with Crippen LogP contribution >= 0.6 is 0 Å². The number of cyclic esters (lactones) is 1. The smallest absolute Gasteiger partial charge is 0.325 e. The van der Waals surface area contributed by atoms with Gasteiger partial charge >= 0.3 is 5.97 Å². The van der Waals surface area contributed by atoms with Crippen molar-refractivity contribution < 1.29 is 29.0 Å². The number of aromatic nitrogens is 1. The molecule has 1 unspecified atom stereocenters. The highest BCUT2D eigenvalue weighted by Gasteiger charge is 2.36. The summed E-state index contributed by atoms with van der Waals surface area (Å²) in [7, 11) is 0. The highest BCUT2D eigenvalue weighted by atomic mass is 16.5. The Balaban J connectivity index is 1.72. The molecule has 41 heavy (non-hydrogen) atoms. The number of benzene rings is 1. The van der Waals surface area contributed by atoms with Crippen molar-refractivity contribution in [3.8, 4) is 0 Å². The van der Waals surface area contributed by atoms with Crippen LogP contribution in [0.2, 0.25) is 0 Å². The molecule has 3 heterocycles. The molecule has 0 radical (unpaired) electrons. The maximum atomic E-state index is 13.3. The summed E-state index contributed by atoms with van der Waals surface area (Å²) in [4.78, 5) is 57.6. The van der Waals surface area contributed by atoms with E-state index in [2.05, 4.69) is 16.1 Å². The highest BCUT2D eigenvalue weighted by Crippen LogP contribution is 2.24. The van der Waals surface area contributed by atoms with Crippen molar-refractivity contribution in [1.29, 1.82) is 0 Å². The molecule has 1 aromatic heterocycles.